The third-order valence-corrected chi connectivity index (χ3v) is 8.55. The molecule has 0 N–H and O–H groups in total. The molecule has 3 rings (SSSR count). The first-order chi connectivity index (χ1) is 17.2. The first kappa shape index (κ1) is 29.4. The second-order valence-corrected chi connectivity index (χ2v) is 18.3. The van der Waals surface area contributed by atoms with Crippen LogP contribution in [0.3, 0.4) is 0 Å². The van der Waals surface area contributed by atoms with E-state index in [1.54, 1.807) is 26.8 Å². The van der Waals surface area contributed by atoms with Crippen molar-refractivity contribution in [1.82, 2.24) is 9.47 Å². The number of hydrogen-bond donors (Lipinski definition) is 0. The number of likely N-dealkylation sites (tertiary alicyclic amines) is 1. The molecule has 1 saturated heterocycles. The van der Waals surface area contributed by atoms with E-state index in [1.165, 1.54) is 4.90 Å². The van der Waals surface area contributed by atoms with Crippen LogP contribution in [0.4, 0.5) is 4.79 Å². The van der Waals surface area contributed by atoms with Gasteiger partial charge in [-0.1, -0.05) is 35.6 Å². The van der Waals surface area contributed by atoms with Gasteiger partial charge in [-0.05, 0) is 64.3 Å². The summed E-state index contributed by atoms with van der Waals surface area (Å²) in [5.74, 6) is -0.902. The van der Waals surface area contributed by atoms with E-state index in [9.17, 15) is 14.4 Å². The topological polar surface area (TPSA) is 87.1 Å². The summed E-state index contributed by atoms with van der Waals surface area (Å²) in [5, 5.41) is 0.929. The quantitative estimate of drug-likeness (QED) is 0.150. The Morgan fingerprint density at radius 1 is 1.16 bits per heavy atom. The highest BCUT2D eigenvalue weighted by molar-refractivity contribution is 9.10. The lowest BCUT2D eigenvalue weighted by atomic mass is 10.1. The molecule has 1 aliphatic rings. The van der Waals surface area contributed by atoms with Crippen molar-refractivity contribution in [2.45, 2.75) is 84.6 Å². The van der Waals surface area contributed by atoms with Crippen LogP contribution in [0.15, 0.2) is 22.8 Å². The number of amides is 1. The zero-order valence-corrected chi connectivity index (χ0v) is 25.6. The summed E-state index contributed by atoms with van der Waals surface area (Å²) >= 11 is 3.61. The molecule has 1 aliphatic heterocycles. The zero-order chi connectivity index (χ0) is 27.5. The van der Waals surface area contributed by atoms with Crippen molar-refractivity contribution in [2.24, 2.45) is 0 Å². The Morgan fingerprint density at radius 2 is 1.86 bits per heavy atom. The summed E-state index contributed by atoms with van der Waals surface area (Å²) in [6.45, 7) is 15.2. The van der Waals surface area contributed by atoms with Crippen LogP contribution >= 0.6 is 15.9 Å². The molecule has 0 bridgehead atoms. The molecule has 37 heavy (non-hydrogen) atoms. The Balaban J connectivity index is 1.72. The fourth-order valence-corrected chi connectivity index (χ4v) is 5.72. The smallest absolute Gasteiger partial charge is 0.411 e. The van der Waals surface area contributed by atoms with E-state index in [1.807, 2.05) is 23.8 Å². The number of ketones is 1. The maximum absolute atomic E-state index is 13.3. The molecule has 0 saturated carbocycles. The second-order valence-electron chi connectivity index (χ2n) is 11.8. The number of esters is 1. The van der Waals surface area contributed by atoms with Crippen LogP contribution in [-0.4, -0.2) is 66.8 Å². The van der Waals surface area contributed by atoms with E-state index >= 15 is 0 Å². The van der Waals surface area contributed by atoms with E-state index in [0.29, 0.717) is 38.3 Å². The lowest BCUT2D eigenvalue weighted by Crippen LogP contribution is -2.44. The third-order valence-electron chi connectivity index (χ3n) is 6.18. The van der Waals surface area contributed by atoms with Crippen LogP contribution in [0, 0.1) is 6.92 Å². The van der Waals surface area contributed by atoms with Gasteiger partial charge in [0.1, 0.15) is 18.4 Å². The number of carbonyl (C=O) groups is 3. The third kappa shape index (κ3) is 7.67. The number of carbonyl (C=O) groups excluding carboxylic acids is 3. The Labute approximate surface area is 228 Å². The summed E-state index contributed by atoms with van der Waals surface area (Å²) < 4.78 is 19.6. The molecule has 10 heteroatoms. The summed E-state index contributed by atoms with van der Waals surface area (Å²) in [4.78, 5) is 40.0. The summed E-state index contributed by atoms with van der Waals surface area (Å²) in [7, 11) is -1.22. The molecule has 0 radical (unpaired) electrons. The van der Waals surface area contributed by atoms with Gasteiger partial charge < -0.3 is 18.8 Å². The number of ether oxygens (including phenoxy) is 3. The first-order valence-corrected chi connectivity index (χ1v) is 17.2. The molecule has 2 aromatic rings. The lowest BCUT2D eigenvalue weighted by Gasteiger charge is -2.27. The average molecular weight is 596 g/mol. The van der Waals surface area contributed by atoms with Gasteiger partial charge in [-0.25, -0.2) is 9.59 Å². The van der Waals surface area contributed by atoms with Crippen molar-refractivity contribution in [3.63, 3.8) is 0 Å². The Hall–Kier alpha value is -2.17. The van der Waals surface area contributed by atoms with Gasteiger partial charge in [0.15, 0.2) is 6.61 Å². The molecule has 0 unspecified atom stereocenters. The van der Waals surface area contributed by atoms with Gasteiger partial charge in [-0.15, -0.1) is 0 Å². The van der Waals surface area contributed by atoms with Crippen LogP contribution < -0.4 is 0 Å². The van der Waals surface area contributed by atoms with Crippen molar-refractivity contribution in [2.75, 3.05) is 19.8 Å². The molecule has 1 fully saturated rings. The number of hydrogen-bond acceptors (Lipinski definition) is 6. The van der Waals surface area contributed by atoms with Crippen molar-refractivity contribution in [1.29, 1.82) is 0 Å². The molecular formula is C27H39BrN2O6Si. The van der Waals surface area contributed by atoms with E-state index in [2.05, 4.69) is 35.6 Å². The highest BCUT2D eigenvalue weighted by Crippen LogP contribution is 2.32. The van der Waals surface area contributed by atoms with Crippen molar-refractivity contribution in [3.8, 4) is 0 Å². The van der Waals surface area contributed by atoms with Crippen molar-refractivity contribution >= 4 is 52.8 Å². The van der Waals surface area contributed by atoms with E-state index in [-0.39, 0.29) is 5.78 Å². The van der Waals surface area contributed by atoms with Gasteiger partial charge in [-0.2, -0.15) is 0 Å². The average Bonchev–Trinajstić information content (AvgIpc) is 3.39. The maximum atomic E-state index is 13.3. The molecule has 8 nitrogen and oxygen atoms in total. The standard InChI is InChI=1S/C27H39BrN2O6Si/c1-18-15-29(17-34-13-14-37(5,6)7)24-19(10-11-20(28)23(18)24)22(31)16-35-25(32)21-9-8-12-30(21)26(33)36-27(2,3)4/h10-11,15,21H,8-9,12-14,16-17H2,1-7H3/t21-/m0/s1. The number of halogens is 1. The van der Waals surface area contributed by atoms with Crippen LogP contribution in [0.1, 0.15) is 49.5 Å². The molecule has 2 heterocycles. The van der Waals surface area contributed by atoms with Crippen molar-refractivity contribution < 1.29 is 28.6 Å². The number of nitrogens with zero attached hydrogens (tertiary/aromatic N) is 2. The van der Waals surface area contributed by atoms with Gasteiger partial charge in [0.25, 0.3) is 0 Å². The van der Waals surface area contributed by atoms with E-state index < -0.39 is 38.4 Å². The molecule has 1 aromatic carbocycles. The van der Waals surface area contributed by atoms with Gasteiger partial charge in [0.2, 0.25) is 5.78 Å². The number of benzene rings is 1. The predicted molar refractivity (Wildman–Crippen MR) is 150 cm³/mol. The molecule has 0 aliphatic carbocycles. The summed E-state index contributed by atoms with van der Waals surface area (Å²) in [6.07, 6.45) is 2.58. The van der Waals surface area contributed by atoms with Gasteiger partial charge in [0, 0.05) is 42.8 Å². The van der Waals surface area contributed by atoms with E-state index in [0.717, 1.165) is 27.0 Å². The Bertz CT molecular complexity index is 1160. The number of aryl methyl sites for hydroxylation is 1. The van der Waals surface area contributed by atoms with Crippen molar-refractivity contribution in [3.05, 3.63) is 33.9 Å². The fourth-order valence-electron chi connectivity index (χ4n) is 4.33. The van der Waals surface area contributed by atoms with E-state index in [4.69, 9.17) is 14.2 Å². The minimum Gasteiger partial charge on any atom is -0.456 e. The molecule has 0 spiro atoms. The predicted octanol–water partition coefficient (Wildman–Crippen LogP) is 6.15. The summed E-state index contributed by atoms with van der Waals surface area (Å²) in [6, 6.07) is 3.88. The minimum atomic E-state index is -1.22. The van der Waals surface area contributed by atoms with Crippen LogP contribution in [-0.2, 0) is 25.7 Å². The maximum Gasteiger partial charge on any atom is 0.411 e. The molecule has 1 amide bonds. The van der Waals surface area contributed by atoms with Gasteiger partial charge >= 0.3 is 12.1 Å². The fraction of sp³-hybridized carbons (Fsp3) is 0.593. The normalized spacial score (nSPS) is 16.3. The SMILES string of the molecule is Cc1cn(COCC[Si](C)(C)C)c2c(C(=O)COC(=O)[C@@H]3CCCN3C(=O)OC(C)(C)C)ccc(Br)c12. The molecule has 1 atom stereocenters. The molecule has 1 aromatic heterocycles. The van der Waals surface area contributed by atoms with Crippen LogP contribution in [0.25, 0.3) is 10.9 Å². The zero-order valence-electron chi connectivity index (χ0n) is 23.0. The number of fused-ring (bicyclic) bond motifs is 1. The largest absolute Gasteiger partial charge is 0.456 e. The Morgan fingerprint density at radius 3 is 2.51 bits per heavy atom. The number of aromatic nitrogens is 1. The van der Waals surface area contributed by atoms with Crippen LogP contribution in [0.2, 0.25) is 25.7 Å². The summed E-state index contributed by atoms with van der Waals surface area (Å²) in [5.41, 5.74) is 1.56. The highest BCUT2D eigenvalue weighted by atomic mass is 79.9. The highest BCUT2D eigenvalue weighted by Gasteiger charge is 2.38. The first-order valence-electron chi connectivity index (χ1n) is 12.7. The number of Topliss-reactive ketones (excluding diaryl/α,β-unsaturated/α-hetero) is 1. The Kier molecular flexibility index (Phi) is 9.29. The lowest BCUT2D eigenvalue weighted by molar-refractivity contribution is -0.147. The minimum absolute atomic E-state index is 0.311. The monoisotopic (exact) mass is 594 g/mol. The molecule has 204 valence electrons. The van der Waals surface area contributed by atoms with Gasteiger partial charge in [0.05, 0.1) is 5.52 Å². The van der Waals surface area contributed by atoms with Crippen LogP contribution in [0.5, 0.6) is 0 Å². The van der Waals surface area contributed by atoms with Gasteiger partial charge in [-0.3, -0.25) is 9.69 Å². The second kappa shape index (κ2) is 11.7. The molecular weight excluding hydrogens is 556 g/mol. The number of rotatable bonds is 9.